The van der Waals surface area contributed by atoms with Crippen LogP contribution in [-0.2, 0) is 26.0 Å². The topological polar surface area (TPSA) is 23.8 Å². The molecule has 0 aliphatic heterocycles. The van der Waals surface area contributed by atoms with E-state index >= 15 is 0 Å². The van der Waals surface area contributed by atoms with Crippen LogP contribution in [0.25, 0.3) is 5.73 Å². The quantitative estimate of drug-likeness (QED) is 0.639. The molecule has 0 bridgehead atoms. The van der Waals surface area contributed by atoms with Crippen molar-refractivity contribution in [2.24, 2.45) is 0 Å². The van der Waals surface area contributed by atoms with E-state index in [0.717, 1.165) is 11.1 Å². The summed E-state index contributed by atoms with van der Waals surface area (Å²) in [7, 11) is 0. The van der Waals surface area contributed by atoms with Gasteiger partial charge in [-0.15, -0.1) is 0 Å². The van der Waals surface area contributed by atoms with Crippen molar-refractivity contribution in [3.05, 3.63) is 75.4 Å². The van der Waals surface area contributed by atoms with Crippen LogP contribution in [0.5, 0.6) is 0 Å². The molecule has 0 aromatic heterocycles. The van der Waals surface area contributed by atoms with Gasteiger partial charge in [0.1, 0.15) is 0 Å². The second-order valence-electron chi connectivity index (χ2n) is 4.14. The summed E-state index contributed by atoms with van der Waals surface area (Å²) in [6, 6.07) is 14.7. The van der Waals surface area contributed by atoms with E-state index in [4.69, 9.17) is 28.9 Å². The number of nitrogens with one attached hydrogen (secondary N) is 1. The van der Waals surface area contributed by atoms with Crippen molar-refractivity contribution in [3.63, 3.8) is 0 Å². The van der Waals surface area contributed by atoms with Crippen LogP contribution in [0.1, 0.15) is 18.1 Å². The van der Waals surface area contributed by atoms with Gasteiger partial charge in [-0.3, -0.25) is 0 Å². The first-order valence-electron chi connectivity index (χ1n) is 5.27. The van der Waals surface area contributed by atoms with Gasteiger partial charge in [-0.1, -0.05) is 71.1 Å². The molecule has 0 aliphatic rings. The van der Waals surface area contributed by atoms with Crippen LogP contribution >= 0.6 is 23.2 Å². The van der Waals surface area contributed by atoms with E-state index < -0.39 is 5.54 Å². The molecule has 0 aliphatic carbocycles. The van der Waals surface area contributed by atoms with Crippen LogP contribution in [0.3, 0.4) is 0 Å². The van der Waals surface area contributed by atoms with Crippen molar-refractivity contribution < 1.29 is 20.4 Å². The van der Waals surface area contributed by atoms with Crippen LogP contribution in [0.4, 0.5) is 0 Å². The molecule has 0 heterocycles. The second-order valence-corrected chi connectivity index (χ2v) is 5.01. The Hall–Kier alpha value is -0.358. The molecule has 0 fully saturated rings. The Kier molecular flexibility index (Phi) is 5.40. The molecule has 0 radical (unpaired) electrons. The van der Waals surface area contributed by atoms with Gasteiger partial charge in [0.2, 0.25) is 0 Å². The van der Waals surface area contributed by atoms with Gasteiger partial charge in [0, 0.05) is 30.5 Å². The smallest absolute Gasteiger partial charge is 0.0406 e. The number of rotatable bonds is 2. The molecule has 0 saturated carbocycles. The summed E-state index contributed by atoms with van der Waals surface area (Å²) in [6.07, 6.45) is 0. The first-order chi connectivity index (χ1) is 8.00. The van der Waals surface area contributed by atoms with Crippen molar-refractivity contribution in [1.29, 1.82) is 0 Å². The maximum Gasteiger partial charge on any atom is 0.0406 e. The Labute approximate surface area is 131 Å². The van der Waals surface area contributed by atoms with Gasteiger partial charge in [-0.25, -0.2) is 0 Å². The fraction of sp³-hybridized carbons (Fsp3) is 0.143. The summed E-state index contributed by atoms with van der Waals surface area (Å²) in [4.78, 5) is 0. The Morgan fingerprint density at radius 2 is 1.06 bits per heavy atom. The maximum atomic E-state index is 8.46. The molecular formula is C14H12Cl2NPd-. The van der Waals surface area contributed by atoms with Crippen LogP contribution in [0, 0.1) is 0 Å². The van der Waals surface area contributed by atoms with Crippen molar-refractivity contribution >= 4 is 23.2 Å². The van der Waals surface area contributed by atoms with Crippen LogP contribution in [-0.4, -0.2) is 0 Å². The van der Waals surface area contributed by atoms with Crippen LogP contribution in [0.2, 0.25) is 10.0 Å². The van der Waals surface area contributed by atoms with E-state index in [2.05, 4.69) is 0 Å². The zero-order valence-electron chi connectivity index (χ0n) is 9.69. The third kappa shape index (κ3) is 3.35. The van der Waals surface area contributed by atoms with Gasteiger partial charge < -0.3 is 5.73 Å². The van der Waals surface area contributed by atoms with E-state index in [1.165, 1.54) is 0 Å². The third-order valence-corrected chi connectivity index (χ3v) is 3.35. The zero-order chi connectivity index (χ0) is 12.5. The molecular weight excluding hydrogens is 359 g/mol. The minimum absolute atomic E-state index is 0. The first kappa shape index (κ1) is 15.7. The molecule has 0 saturated heterocycles. The predicted octanol–water partition coefficient (Wildman–Crippen LogP) is 5.31. The Balaban J connectivity index is 0.00000162. The summed E-state index contributed by atoms with van der Waals surface area (Å²) in [5.41, 5.74) is 9.48. The van der Waals surface area contributed by atoms with Crippen LogP contribution < -0.4 is 0 Å². The Bertz CT molecular complexity index is 459. The molecule has 4 heteroatoms. The van der Waals surface area contributed by atoms with E-state index in [0.29, 0.717) is 10.0 Å². The van der Waals surface area contributed by atoms with Crippen molar-refractivity contribution in [2.45, 2.75) is 12.5 Å². The zero-order valence-corrected chi connectivity index (χ0v) is 12.8. The summed E-state index contributed by atoms with van der Waals surface area (Å²) < 4.78 is 0. The molecule has 0 unspecified atom stereocenters. The van der Waals surface area contributed by atoms with Gasteiger partial charge in [0.25, 0.3) is 0 Å². The van der Waals surface area contributed by atoms with Gasteiger partial charge >= 0.3 is 0 Å². The standard InChI is InChI=1S/C14H12Cl2N.Pd/c1-14(17,10-2-6-12(15)7-3-10)11-4-8-13(16)9-5-11;/h2-9,17H,1H3;/q-1;. The van der Waals surface area contributed by atoms with E-state index in [9.17, 15) is 0 Å². The second kappa shape index (κ2) is 6.19. The molecule has 18 heavy (non-hydrogen) atoms. The summed E-state index contributed by atoms with van der Waals surface area (Å²) in [5, 5.41) is 1.36. The molecule has 1 nitrogen and oxygen atoms in total. The first-order valence-corrected chi connectivity index (χ1v) is 6.03. The minimum atomic E-state index is -0.796. The van der Waals surface area contributed by atoms with Gasteiger partial charge in [-0.05, 0) is 24.3 Å². The van der Waals surface area contributed by atoms with Gasteiger partial charge in [0.05, 0.1) is 0 Å². The monoisotopic (exact) mass is 370 g/mol. The summed E-state index contributed by atoms with van der Waals surface area (Å²) in [5.74, 6) is 0. The Morgan fingerprint density at radius 1 is 0.778 bits per heavy atom. The van der Waals surface area contributed by atoms with Gasteiger partial charge in [0.15, 0.2) is 0 Å². The number of halogens is 2. The normalized spacial score (nSPS) is 10.9. The molecule has 2 aromatic rings. The van der Waals surface area contributed by atoms with Crippen molar-refractivity contribution in [2.75, 3.05) is 0 Å². The number of hydrogen-bond acceptors (Lipinski definition) is 0. The fourth-order valence-corrected chi connectivity index (χ4v) is 1.99. The molecule has 0 atom stereocenters. The number of benzene rings is 2. The third-order valence-electron chi connectivity index (χ3n) is 2.84. The molecule has 2 rings (SSSR count). The van der Waals surface area contributed by atoms with E-state index in [1.54, 1.807) is 24.3 Å². The molecule has 98 valence electrons. The molecule has 0 amide bonds. The maximum absolute atomic E-state index is 8.46. The van der Waals surface area contributed by atoms with Crippen molar-refractivity contribution in [1.82, 2.24) is 0 Å². The average molecular weight is 372 g/mol. The summed E-state index contributed by atoms with van der Waals surface area (Å²) >= 11 is 11.7. The van der Waals surface area contributed by atoms with Crippen molar-refractivity contribution in [3.8, 4) is 0 Å². The Morgan fingerprint density at radius 3 is 1.33 bits per heavy atom. The minimum Gasteiger partial charge on any atom is -0.664 e. The summed E-state index contributed by atoms with van der Waals surface area (Å²) in [6.45, 7) is 1.86. The molecule has 0 spiro atoms. The SMILES string of the molecule is CC([NH-])(c1ccc(Cl)cc1)c1ccc(Cl)cc1.[Pd]. The number of hydrogen-bond donors (Lipinski definition) is 0. The largest absolute Gasteiger partial charge is 0.664 e. The van der Waals surface area contributed by atoms with E-state index in [1.807, 2.05) is 31.2 Å². The average Bonchev–Trinajstić information content (AvgIpc) is 2.30. The van der Waals surface area contributed by atoms with Gasteiger partial charge in [-0.2, -0.15) is 0 Å². The molecule has 2 aromatic carbocycles. The van der Waals surface area contributed by atoms with E-state index in [-0.39, 0.29) is 20.4 Å². The van der Waals surface area contributed by atoms with Crippen LogP contribution in [0.15, 0.2) is 48.5 Å². The molecule has 1 N–H and O–H groups in total. The predicted molar refractivity (Wildman–Crippen MR) is 73.7 cm³/mol. The fourth-order valence-electron chi connectivity index (χ4n) is 1.73.